The van der Waals surface area contributed by atoms with Gasteiger partial charge in [0.05, 0.1) is 26.8 Å². The van der Waals surface area contributed by atoms with Crippen molar-refractivity contribution >= 4 is 65.9 Å². The van der Waals surface area contributed by atoms with Crippen LogP contribution in [0.3, 0.4) is 0 Å². The second kappa shape index (κ2) is 13.4. The van der Waals surface area contributed by atoms with Gasteiger partial charge in [0.15, 0.2) is 0 Å². The molecule has 0 amide bonds. The summed E-state index contributed by atoms with van der Waals surface area (Å²) in [4.78, 5) is -1.35. The molecule has 0 aliphatic heterocycles. The third kappa shape index (κ3) is 9.19. The first-order valence-corrected chi connectivity index (χ1v) is 10.3. The van der Waals surface area contributed by atoms with Crippen LogP contribution in [-0.2, 0) is 29.6 Å². The molecule has 0 saturated carbocycles. The molecule has 0 fully saturated rings. The molecule has 0 saturated heterocycles. The monoisotopic (exact) mass is 507 g/mol. The van der Waals surface area contributed by atoms with Crippen molar-refractivity contribution in [2.24, 2.45) is 0 Å². The van der Waals surface area contributed by atoms with Gasteiger partial charge in [-0.25, -0.2) is 16.8 Å². The molecule has 142 valence electrons. The van der Waals surface area contributed by atoms with Crippen molar-refractivity contribution in [3.63, 3.8) is 0 Å². The molecule has 0 radical (unpaired) electrons. The van der Waals surface area contributed by atoms with Crippen LogP contribution in [0.25, 0.3) is 10.8 Å². The molecular weight excluding hydrogens is 499 g/mol. The van der Waals surface area contributed by atoms with Crippen molar-refractivity contribution in [1.29, 1.82) is 0 Å². The van der Waals surface area contributed by atoms with Crippen molar-refractivity contribution in [2.45, 2.75) is 21.6 Å². The van der Waals surface area contributed by atoms with Crippen LogP contribution in [0.4, 0.5) is 5.69 Å². The number of nitrogens with one attached hydrogen (secondary N) is 1. The van der Waals surface area contributed by atoms with Gasteiger partial charge in [0.25, 0.3) is 0 Å². The van der Waals surface area contributed by atoms with Gasteiger partial charge >= 0.3 is 88.7 Å². The van der Waals surface area contributed by atoms with Gasteiger partial charge in [-0.15, -0.1) is 0 Å². The van der Waals surface area contributed by atoms with Gasteiger partial charge in [0.2, 0.25) is 0 Å². The Morgan fingerprint density at radius 1 is 1.03 bits per heavy atom. The zero-order chi connectivity index (χ0) is 19.7. The molecule has 2 rings (SSSR count). The molecule has 17 heteroatoms. The van der Waals surface area contributed by atoms with E-state index >= 15 is 0 Å². The Morgan fingerprint density at radius 2 is 1.62 bits per heavy atom. The first-order chi connectivity index (χ1) is 11.9. The van der Waals surface area contributed by atoms with E-state index in [0.29, 0.717) is 0 Å². The molecule has 1 N–H and O–H groups in total. The molecule has 0 aliphatic rings. The minimum absolute atomic E-state index is 0. The van der Waals surface area contributed by atoms with E-state index in [4.69, 9.17) is 12.2 Å². The van der Waals surface area contributed by atoms with Gasteiger partial charge in [-0.3, -0.25) is 5.04 Å². The Labute approximate surface area is 242 Å². The van der Waals surface area contributed by atoms with Crippen LogP contribution >= 0.6 is 24.3 Å². The van der Waals surface area contributed by atoms with E-state index in [9.17, 15) is 31.2 Å². The zero-order valence-corrected chi connectivity index (χ0v) is 24.9. The van der Waals surface area contributed by atoms with Crippen LogP contribution in [0.2, 0.25) is 0 Å². The molecule has 29 heavy (non-hydrogen) atoms. The molecule has 2 aromatic carbocycles. The molecule has 2 aromatic rings. The van der Waals surface area contributed by atoms with Gasteiger partial charge in [-0.05, 0) is 36.6 Å². The minimum atomic E-state index is -5.03. The minimum Gasteiger partial charge on any atom is -0.744 e. The van der Waals surface area contributed by atoms with Gasteiger partial charge in [0, 0.05) is 16.0 Å². The molecule has 0 bridgehead atoms. The topological polar surface area (TPSA) is 168 Å². The summed E-state index contributed by atoms with van der Waals surface area (Å²) in [5, 5.41) is 15.4. The van der Waals surface area contributed by atoms with Gasteiger partial charge in [-0.2, -0.15) is 4.33 Å². The molecule has 10 nitrogen and oxygen atoms in total. The van der Waals surface area contributed by atoms with Crippen LogP contribution in [0.1, 0.15) is 6.92 Å². The number of hydrogen-bond acceptors (Lipinski definition) is 11. The zero-order valence-electron chi connectivity index (χ0n) is 15.6. The molecule has 0 aromatic heterocycles. The smallest absolute Gasteiger partial charge is 0.744 e. The van der Waals surface area contributed by atoms with Gasteiger partial charge in [0.1, 0.15) is 20.2 Å². The Morgan fingerprint density at radius 3 is 2.07 bits per heavy atom. The van der Waals surface area contributed by atoms with Crippen molar-refractivity contribution in [1.82, 2.24) is 0 Å². The SMILES string of the molecule is CC(=S)Nc1cc(S(=O)(=O)[O-])cc2cc(SOO[O-])cc(S(=O)(=O)[O-])c12.[Na+].[Na+].[Na+]. The Bertz CT molecular complexity index is 1090. The molecule has 0 atom stereocenters. The summed E-state index contributed by atoms with van der Waals surface area (Å²) in [6, 6.07) is 3.87. The van der Waals surface area contributed by atoms with Crippen LogP contribution < -0.4 is 99.2 Å². The quantitative estimate of drug-likeness (QED) is 0.0981. The third-order valence-corrected chi connectivity index (χ3v) is 5.31. The predicted molar refractivity (Wildman–Crippen MR) is 89.8 cm³/mol. The van der Waals surface area contributed by atoms with E-state index < -0.39 is 30.0 Å². The number of hydrogen-bond donors (Lipinski definition) is 1. The van der Waals surface area contributed by atoms with Crippen molar-refractivity contribution < 1.29 is 129 Å². The van der Waals surface area contributed by atoms with Gasteiger partial charge in [-0.1, -0.05) is 12.2 Å². The normalized spacial score (nSPS) is 11.0. The number of fused-ring (bicyclic) bond motifs is 1. The number of benzene rings is 2. The van der Waals surface area contributed by atoms with E-state index in [1.807, 2.05) is 0 Å². The maximum Gasteiger partial charge on any atom is 1.00 e. The Hall–Kier alpha value is 1.64. The van der Waals surface area contributed by atoms with E-state index in [2.05, 4.69) is 14.7 Å². The van der Waals surface area contributed by atoms with Crippen LogP contribution in [0.5, 0.6) is 0 Å². The fourth-order valence-electron chi connectivity index (χ4n) is 2.15. The summed E-state index contributed by atoms with van der Waals surface area (Å²) < 4.78 is 73.1. The summed E-state index contributed by atoms with van der Waals surface area (Å²) in [5.74, 6) is 0. The summed E-state index contributed by atoms with van der Waals surface area (Å²) >= 11 is 5.14. The average molecular weight is 507 g/mol. The summed E-state index contributed by atoms with van der Waals surface area (Å²) in [7, 11) is -9.94. The number of anilines is 1. The fraction of sp³-hybridized carbons (Fsp3) is 0.0833. The van der Waals surface area contributed by atoms with Crippen LogP contribution in [0, 0.1) is 0 Å². The fourth-order valence-corrected chi connectivity index (χ4v) is 4.07. The van der Waals surface area contributed by atoms with Crippen LogP contribution in [-0.4, -0.2) is 30.9 Å². The van der Waals surface area contributed by atoms with Crippen molar-refractivity contribution in [2.75, 3.05) is 5.32 Å². The van der Waals surface area contributed by atoms with Crippen LogP contribution in [0.15, 0.2) is 39.0 Å². The van der Waals surface area contributed by atoms with Crippen molar-refractivity contribution in [3.8, 4) is 0 Å². The first-order valence-electron chi connectivity index (χ1n) is 6.38. The van der Waals surface area contributed by atoms with Gasteiger partial charge < -0.3 is 19.7 Å². The first kappa shape index (κ1) is 32.8. The molecular formula is C12H8NNa3O9S4. The summed E-state index contributed by atoms with van der Waals surface area (Å²) in [6.07, 6.45) is 0. The third-order valence-electron chi connectivity index (χ3n) is 2.99. The number of rotatable bonds is 6. The molecule has 0 unspecified atom stereocenters. The van der Waals surface area contributed by atoms with E-state index in [0.717, 1.165) is 18.2 Å². The number of thiocarbonyl (C=S) groups is 1. The molecule has 0 spiro atoms. The summed E-state index contributed by atoms with van der Waals surface area (Å²) in [6.45, 7) is 1.43. The maximum atomic E-state index is 11.7. The molecule has 0 heterocycles. The second-order valence-electron chi connectivity index (χ2n) is 4.80. The summed E-state index contributed by atoms with van der Waals surface area (Å²) in [5.41, 5.74) is -0.156. The molecule has 0 aliphatic carbocycles. The maximum absolute atomic E-state index is 11.7. The Kier molecular flexibility index (Phi) is 15.1. The van der Waals surface area contributed by atoms with E-state index in [1.54, 1.807) is 0 Å². The van der Waals surface area contributed by atoms with E-state index in [1.165, 1.54) is 13.0 Å². The Balaban J connectivity index is 0. The van der Waals surface area contributed by atoms with E-state index in [-0.39, 0.29) is 127 Å². The predicted octanol–water partition coefficient (Wildman–Crippen LogP) is -8.35. The standard InChI is InChI=1S/C12H11NO9S4.3Na/c1-6(23)13-10-5-9(25(15,16)17)3-7-2-8(24-22-21-14)4-11(12(7)10)26(18,19)20;;;/h2-5,14H,1H3,(H,13,23)(H,15,16,17)(H,18,19,20);;;/q;3*+1/p-3. The average Bonchev–Trinajstić information content (AvgIpc) is 2.49. The van der Waals surface area contributed by atoms with Crippen molar-refractivity contribution in [3.05, 3.63) is 24.3 Å². The largest absolute Gasteiger partial charge is 1.00 e. The second-order valence-corrected chi connectivity index (χ2v) is 8.91.